The molecule has 184 valence electrons. The van der Waals surface area contributed by atoms with E-state index < -0.39 is 6.09 Å². The van der Waals surface area contributed by atoms with E-state index in [9.17, 15) is 14.7 Å². The van der Waals surface area contributed by atoms with Crippen LogP contribution in [0.25, 0.3) is 11.1 Å². The molecule has 2 N–H and O–H groups in total. The number of nitrogens with one attached hydrogen (secondary N) is 1. The SMILES string of the molecule is CC(=O)N1c2ccc(-c3cnn(CCN4CCNCC4)c3)cc2C(N(C(=O)O)C(C)C)CC1C. The maximum Gasteiger partial charge on any atom is 0.408 e. The first-order chi connectivity index (χ1) is 16.3. The Morgan fingerprint density at radius 3 is 2.59 bits per heavy atom. The highest BCUT2D eigenvalue weighted by Crippen LogP contribution is 2.43. The van der Waals surface area contributed by atoms with Gasteiger partial charge in [0.05, 0.1) is 18.8 Å². The molecular formula is C25H36N6O3. The Labute approximate surface area is 201 Å². The number of hydrogen-bond acceptors (Lipinski definition) is 5. The normalized spacial score (nSPS) is 20.9. The number of benzene rings is 1. The Kier molecular flexibility index (Phi) is 7.23. The van der Waals surface area contributed by atoms with Crippen molar-refractivity contribution in [2.75, 3.05) is 37.6 Å². The van der Waals surface area contributed by atoms with Crippen molar-refractivity contribution < 1.29 is 14.7 Å². The molecule has 2 aliphatic heterocycles. The highest BCUT2D eigenvalue weighted by Gasteiger charge is 2.38. The monoisotopic (exact) mass is 468 g/mol. The molecule has 1 saturated heterocycles. The van der Waals surface area contributed by atoms with Gasteiger partial charge in [0, 0.05) is 69.2 Å². The summed E-state index contributed by atoms with van der Waals surface area (Å²) >= 11 is 0. The molecule has 2 atom stereocenters. The number of carboxylic acid groups (broad SMARTS) is 1. The molecule has 2 amide bonds. The summed E-state index contributed by atoms with van der Waals surface area (Å²) in [5.74, 6) is -0.0351. The third-order valence-electron chi connectivity index (χ3n) is 6.92. The smallest absolute Gasteiger partial charge is 0.408 e. The van der Waals surface area contributed by atoms with Gasteiger partial charge in [0.2, 0.25) is 5.91 Å². The topological polar surface area (TPSA) is 93.9 Å². The minimum absolute atomic E-state index is 0.0351. The number of rotatable bonds is 6. The second kappa shape index (κ2) is 10.1. The number of nitrogens with zero attached hydrogens (tertiary/aromatic N) is 5. The molecular weight excluding hydrogens is 432 g/mol. The Morgan fingerprint density at radius 2 is 1.94 bits per heavy atom. The van der Waals surface area contributed by atoms with E-state index in [1.807, 2.05) is 56.0 Å². The summed E-state index contributed by atoms with van der Waals surface area (Å²) in [4.78, 5) is 30.3. The van der Waals surface area contributed by atoms with Crippen LogP contribution in [0.5, 0.6) is 0 Å². The predicted molar refractivity (Wildman–Crippen MR) is 132 cm³/mol. The van der Waals surface area contributed by atoms with Crippen LogP contribution in [-0.2, 0) is 11.3 Å². The van der Waals surface area contributed by atoms with Crippen molar-refractivity contribution in [2.24, 2.45) is 0 Å². The van der Waals surface area contributed by atoms with Gasteiger partial charge in [-0.1, -0.05) is 6.07 Å². The minimum Gasteiger partial charge on any atom is -0.465 e. The second-order valence-electron chi connectivity index (χ2n) is 9.63. The van der Waals surface area contributed by atoms with Crippen molar-refractivity contribution in [1.29, 1.82) is 0 Å². The molecule has 0 spiro atoms. The fourth-order valence-corrected chi connectivity index (χ4v) is 5.28. The maximum atomic E-state index is 12.5. The molecule has 9 nitrogen and oxygen atoms in total. The molecule has 2 aromatic rings. The number of carbonyl (C=O) groups excluding carboxylic acids is 1. The quantitative estimate of drug-likeness (QED) is 0.677. The van der Waals surface area contributed by atoms with Crippen LogP contribution in [0, 0.1) is 0 Å². The summed E-state index contributed by atoms with van der Waals surface area (Å²) in [6.45, 7) is 13.3. The van der Waals surface area contributed by atoms with Crippen LogP contribution < -0.4 is 10.2 Å². The van der Waals surface area contributed by atoms with Gasteiger partial charge in [-0.05, 0) is 50.5 Å². The van der Waals surface area contributed by atoms with E-state index in [4.69, 9.17) is 0 Å². The molecule has 0 saturated carbocycles. The minimum atomic E-state index is -0.944. The summed E-state index contributed by atoms with van der Waals surface area (Å²) in [5.41, 5.74) is 3.62. The number of amides is 2. The van der Waals surface area contributed by atoms with Gasteiger partial charge in [0.15, 0.2) is 0 Å². The number of hydrogen-bond donors (Lipinski definition) is 2. The van der Waals surface area contributed by atoms with Crippen LogP contribution in [0.15, 0.2) is 30.6 Å². The second-order valence-corrected chi connectivity index (χ2v) is 9.63. The van der Waals surface area contributed by atoms with Gasteiger partial charge >= 0.3 is 6.09 Å². The van der Waals surface area contributed by atoms with Gasteiger partial charge in [0.25, 0.3) is 0 Å². The van der Waals surface area contributed by atoms with Gasteiger partial charge in [-0.3, -0.25) is 19.3 Å². The molecule has 2 unspecified atom stereocenters. The van der Waals surface area contributed by atoms with Crippen LogP contribution in [0.1, 0.15) is 45.7 Å². The third-order valence-corrected chi connectivity index (χ3v) is 6.92. The van der Waals surface area contributed by atoms with Crippen LogP contribution in [-0.4, -0.2) is 81.5 Å². The maximum absolute atomic E-state index is 12.5. The van der Waals surface area contributed by atoms with E-state index >= 15 is 0 Å². The van der Waals surface area contributed by atoms with E-state index in [-0.39, 0.29) is 24.0 Å². The van der Waals surface area contributed by atoms with Crippen molar-refractivity contribution in [3.8, 4) is 11.1 Å². The highest BCUT2D eigenvalue weighted by atomic mass is 16.4. The number of aromatic nitrogens is 2. The van der Waals surface area contributed by atoms with Crippen molar-refractivity contribution in [2.45, 2.75) is 58.8 Å². The first-order valence-electron chi connectivity index (χ1n) is 12.2. The zero-order chi connectivity index (χ0) is 24.4. The fourth-order valence-electron chi connectivity index (χ4n) is 5.28. The first-order valence-corrected chi connectivity index (χ1v) is 12.2. The lowest BCUT2D eigenvalue weighted by Gasteiger charge is -2.43. The van der Waals surface area contributed by atoms with Gasteiger partial charge in [-0.15, -0.1) is 0 Å². The van der Waals surface area contributed by atoms with E-state index in [1.165, 1.54) is 4.90 Å². The largest absolute Gasteiger partial charge is 0.465 e. The standard InChI is InChI=1S/C25H36N6O3/c1-17(2)30(25(33)34)24-13-18(3)31(19(4)32)23-6-5-20(14-22(23)24)21-15-27-29(16-21)12-11-28-9-7-26-8-10-28/h5-6,14-18,24,26H,7-13H2,1-4H3,(H,33,34). The van der Waals surface area contributed by atoms with E-state index in [0.29, 0.717) is 6.42 Å². The number of carbonyl (C=O) groups is 2. The molecule has 0 bridgehead atoms. The van der Waals surface area contributed by atoms with Gasteiger partial charge in [0.1, 0.15) is 0 Å². The summed E-state index contributed by atoms with van der Waals surface area (Å²) in [6, 6.07) is 5.41. The Morgan fingerprint density at radius 1 is 1.21 bits per heavy atom. The molecule has 1 aromatic carbocycles. The summed E-state index contributed by atoms with van der Waals surface area (Å²) in [6.07, 6.45) is 3.52. The Bertz CT molecular complexity index is 1030. The molecule has 0 aliphatic carbocycles. The van der Waals surface area contributed by atoms with E-state index in [1.54, 1.807) is 11.8 Å². The first kappa shape index (κ1) is 24.2. The Balaban J connectivity index is 1.64. The molecule has 34 heavy (non-hydrogen) atoms. The zero-order valence-electron chi connectivity index (χ0n) is 20.6. The van der Waals surface area contributed by atoms with Crippen molar-refractivity contribution in [1.82, 2.24) is 24.9 Å². The third kappa shape index (κ3) is 4.95. The van der Waals surface area contributed by atoms with Gasteiger partial charge in [-0.2, -0.15) is 5.10 Å². The van der Waals surface area contributed by atoms with Crippen molar-refractivity contribution in [3.05, 3.63) is 36.2 Å². The van der Waals surface area contributed by atoms with Crippen molar-refractivity contribution in [3.63, 3.8) is 0 Å². The summed E-state index contributed by atoms with van der Waals surface area (Å²) < 4.78 is 1.97. The molecule has 3 heterocycles. The molecule has 4 rings (SSSR count). The number of anilines is 1. The van der Waals surface area contributed by atoms with Gasteiger partial charge in [-0.25, -0.2) is 4.79 Å². The van der Waals surface area contributed by atoms with Gasteiger partial charge < -0.3 is 15.3 Å². The number of fused-ring (bicyclic) bond motifs is 1. The molecule has 1 aromatic heterocycles. The lowest BCUT2D eigenvalue weighted by molar-refractivity contribution is -0.117. The summed E-state index contributed by atoms with van der Waals surface area (Å²) in [7, 11) is 0. The molecule has 0 radical (unpaired) electrons. The molecule has 2 aliphatic rings. The van der Waals surface area contributed by atoms with Crippen LogP contribution >= 0.6 is 0 Å². The zero-order valence-corrected chi connectivity index (χ0v) is 20.6. The average molecular weight is 469 g/mol. The lowest BCUT2D eigenvalue weighted by Crippen LogP contribution is -2.48. The summed E-state index contributed by atoms with van der Waals surface area (Å²) in [5, 5.41) is 17.9. The van der Waals surface area contributed by atoms with Crippen molar-refractivity contribution >= 4 is 17.7 Å². The molecule has 9 heteroatoms. The highest BCUT2D eigenvalue weighted by molar-refractivity contribution is 5.94. The Hall–Kier alpha value is -2.91. The van der Waals surface area contributed by atoms with E-state index in [2.05, 4.69) is 15.3 Å². The van der Waals surface area contributed by atoms with Crippen LogP contribution in [0.4, 0.5) is 10.5 Å². The van der Waals surface area contributed by atoms with E-state index in [0.717, 1.165) is 61.6 Å². The van der Waals surface area contributed by atoms with Crippen LogP contribution in [0.2, 0.25) is 0 Å². The molecule has 1 fully saturated rings. The average Bonchev–Trinajstić information content (AvgIpc) is 3.26. The predicted octanol–water partition coefficient (Wildman–Crippen LogP) is 3.03. The lowest BCUT2D eigenvalue weighted by atomic mass is 9.88. The fraction of sp³-hybridized carbons (Fsp3) is 0.560. The number of piperazine rings is 1. The van der Waals surface area contributed by atoms with Crippen LogP contribution in [0.3, 0.4) is 0 Å².